The maximum Gasteiger partial charge on any atom is 0.316 e. The average Bonchev–Trinajstić information content (AvgIpc) is 2.39. The van der Waals surface area contributed by atoms with Crippen LogP contribution in [0.25, 0.3) is 0 Å². The van der Waals surface area contributed by atoms with E-state index in [-0.39, 0.29) is 31.0 Å². The first-order valence-electron chi connectivity index (χ1n) is 6.16. The molecule has 1 rings (SSSR count). The van der Waals surface area contributed by atoms with Crippen LogP contribution in [-0.2, 0) is 14.3 Å². The number of carbonyl (C=O) groups is 3. The van der Waals surface area contributed by atoms with Gasteiger partial charge in [0.1, 0.15) is 11.7 Å². The second-order valence-corrected chi connectivity index (χ2v) is 4.15. The Hall–Kier alpha value is -2.04. The lowest BCUT2D eigenvalue weighted by Crippen LogP contribution is -2.27. The van der Waals surface area contributed by atoms with Crippen LogP contribution in [0.1, 0.15) is 37.0 Å². The van der Waals surface area contributed by atoms with Crippen molar-refractivity contribution in [1.82, 2.24) is 4.98 Å². The SMILES string of the molecule is CCOC(=O)C(CCC(C)=O)C(=O)c1cccnc1. The van der Waals surface area contributed by atoms with Crippen molar-refractivity contribution in [2.75, 3.05) is 6.61 Å². The zero-order valence-corrected chi connectivity index (χ0v) is 11.1. The Bertz CT molecular complexity index is 456. The maximum atomic E-state index is 12.2. The minimum Gasteiger partial charge on any atom is -0.465 e. The molecule has 0 amide bonds. The molecule has 5 heteroatoms. The fourth-order valence-corrected chi connectivity index (χ4v) is 1.66. The Morgan fingerprint density at radius 1 is 1.37 bits per heavy atom. The largest absolute Gasteiger partial charge is 0.465 e. The lowest BCUT2D eigenvalue weighted by atomic mass is 9.93. The van der Waals surface area contributed by atoms with E-state index in [9.17, 15) is 14.4 Å². The van der Waals surface area contributed by atoms with Crippen molar-refractivity contribution in [1.29, 1.82) is 0 Å². The highest BCUT2D eigenvalue weighted by Gasteiger charge is 2.29. The van der Waals surface area contributed by atoms with Gasteiger partial charge in [-0.15, -0.1) is 0 Å². The number of rotatable bonds is 7. The minimum atomic E-state index is -0.937. The molecule has 1 aromatic rings. The molecule has 0 aliphatic carbocycles. The van der Waals surface area contributed by atoms with E-state index in [1.807, 2.05) is 0 Å². The smallest absolute Gasteiger partial charge is 0.316 e. The van der Waals surface area contributed by atoms with Gasteiger partial charge in [0.2, 0.25) is 0 Å². The Morgan fingerprint density at radius 3 is 2.63 bits per heavy atom. The molecular weight excluding hydrogens is 246 g/mol. The summed E-state index contributed by atoms with van der Waals surface area (Å²) in [4.78, 5) is 38.9. The summed E-state index contributed by atoms with van der Waals surface area (Å²) in [6.45, 7) is 3.31. The van der Waals surface area contributed by atoms with Crippen molar-refractivity contribution >= 4 is 17.5 Å². The minimum absolute atomic E-state index is 0.0618. The average molecular weight is 263 g/mol. The van der Waals surface area contributed by atoms with E-state index in [4.69, 9.17) is 4.74 Å². The van der Waals surface area contributed by atoms with Crippen LogP contribution in [0.5, 0.6) is 0 Å². The van der Waals surface area contributed by atoms with E-state index < -0.39 is 11.9 Å². The first kappa shape index (κ1) is 15.0. The summed E-state index contributed by atoms with van der Waals surface area (Å²) in [5.41, 5.74) is 0.351. The molecule has 0 saturated carbocycles. The van der Waals surface area contributed by atoms with Crippen LogP contribution in [0.4, 0.5) is 0 Å². The van der Waals surface area contributed by atoms with E-state index >= 15 is 0 Å². The number of pyridine rings is 1. The lowest BCUT2D eigenvalue weighted by molar-refractivity contribution is -0.146. The summed E-state index contributed by atoms with van der Waals surface area (Å²) in [6.07, 6.45) is 3.30. The molecule has 1 unspecified atom stereocenters. The van der Waals surface area contributed by atoms with Crippen LogP contribution < -0.4 is 0 Å². The summed E-state index contributed by atoms with van der Waals surface area (Å²) in [5.74, 6) is -1.94. The number of carbonyl (C=O) groups excluding carboxylic acids is 3. The Labute approximate surface area is 112 Å². The van der Waals surface area contributed by atoms with Gasteiger partial charge in [-0.3, -0.25) is 14.6 Å². The van der Waals surface area contributed by atoms with E-state index in [0.717, 1.165) is 0 Å². The van der Waals surface area contributed by atoms with Crippen molar-refractivity contribution in [3.8, 4) is 0 Å². The third kappa shape index (κ3) is 4.62. The zero-order chi connectivity index (χ0) is 14.3. The first-order valence-corrected chi connectivity index (χ1v) is 6.16. The second kappa shape index (κ2) is 7.41. The highest BCUT2D eigenvalue weighted by atomic mass is 16.5. The van der Waals surface area contributed by atoms with Crippen molar-refractivity contribution in [3.63, 3.8) is 0 Å². The molecule has 0 bridgehead atoms. The number of esters is 1. The van der Waals surface area contributed by atoms with Gasteiger partial charge in [-0.2, -0.15) is 0 Å². The number of Topliss-reactive ketones (excluding diaryl/α,β-unsaturated/α-hetero) is 2. The molecule has 1 heterocycles. The first-order chi connectivity index (χ1) is 9.06. The molecule has 19 heavy (non-hydrogen) atoms. The summed E-state index contributed by atoms with van der Waals surface area (Å²) in [6, 6.07) is 3.22. The van der Waals surface area contributed by atoms with Crippen molar-refractivity contribution in [2.45, 2.75) is 26.7 Å². The molecular formula is C14H17NO4. The fraction of sp³-hybridized carbons (Fsp3) is 0.429. The number of aromatic nitrogens is 1. The molecule has 0 aliphatic rings. The van der Waals surface area contributed by atoms with Gasteiger partial charge >= 0.3 is 5.97 Å². The zero-order valence-electron chi connectivity index (χ0n) is 11.1. The van der Waals surface area contributed by atoms with Gasteiger partial charge in [0.15, 0.2) is 5.78 Å². The summed E-state index contributed by atoms with van der Waals surface area (Å²) >= 11 is 0. The number of nitrogens with zero attached hydrogens (tertiary/aromatic N) is 1. The highest BCUT2D eigenvalue weighted by molar-refractivity contribution is 6.08. The van der Waals surface area contributed by atoms with E-state index in [0.29, 0.717) is 5.56 Å². The predicted octanol–water partition coefficient (Wildman–Crippen LogP) is 1.81. The molecule has 0 aromatic carbocycles. The normalized spacial score (nSPS) is 11.7. The fourth-order valence-electron chi connectivity index (χ4n) is 1.66. The van der Waals surface area contributed by atoms with Gasteiger partial charge in [0.05, 0.1) is 6.61 Å². The van der Waals surface area contributed by atoms with Gasteiger partial charge in [-0.25, -0.2) is 0 Å². The third-order valence-electron chi connectivity index (χ3n) is 2.62. The summed E-state index contributed by atoms with van der Waals surface area (Å²) in [7, 11) is 0. The van der Waals surface area contributed by atoms with Crippen LogP contribution in [0, 0.1) is 5.92 Å². The monoisotopic (exact) mass is 263 g/mol. The maximum absolute atomic E-state index is 12.2. The van der Waals surface area contributed by atoms with Crippen molar-refractivity contribution in [3.05, 3.63) is 30.1 Å². The number of ketones is 2. The van der Waals surface area contributed by atoms with Crippen LogP contribution >= 0.6 is 0 Å². The summed E-state index contributed by atoms with van der Waals surface area (Å²) in [5, 5.41) is 0. The highest BCUT2D eigenvalue weighted by Crippen LogP contribution is 2.16. The quantitative estimate of drug-likeness (QED) is 0.426. The molecule has 0 N–H and O–H groups in total. The van der Waals surface area contributed by atoms with Crippen LogP contribution in [0.2, 0.25) is 0 Å². The third-order valence-corrected chi connectivity index (χ3v) is 2.62. The number of hydrogen-bond donors (Lipinski definition) is 0. The molecule has 5 nitrogen and oxygen atoms in total. The molecule has 0 saturated heterocycles. The van der Waals surface area contributed by atoms with E-state index in [2.05, 4.69) is 4.98 Å². The van der Waals surface area contributed by atoms with Gasteiger partial charge < -0.3 is 9.53 Å². The summed E-state index contributed by atoms with van der Waals surface area (Å²) < 4.78 is 4.89. The Balaban J connectivity index is 2.86. The molecule has 1 atom stereocenters. The van der Waals surface area contributed by atoms with Crippen LogP contribution in [0.3, 0.4) is 0 Å². The Kier molecular flexibility index (Phi) is 5.85. The van der Waals surface area contributed by atoms with E-state index in [1.54, 1.807) is 25.3 Å². The van der Waals surface area contributed by atoms with Crippen LogP contribution in [0.15, 0.2) is 24.5 Å². The molecule has 1 aromatic heterocycles. The number of ether oxygens (including phenoxy) is 1. The van der Waals surface area contributed by atoms with Gasteiger partial charge in [-0.1, -0.05) is 0 Å². The van der Waals surface area contributed by atoms with Gasteiger partial charge in [-0.05, 0) is 32.4 Å². The topological polar surface area (TPSA) is 73.3 Å². The Morgan fingerprint density at radius 2 is 2.11 bits per heavy atom. The molecule has 102 valence electrons. The molecule has 0 aliphatic heterocycles. The van der Waals surface area contributed by atoms with Gasteiger partial charge in [0, 0.05) is 24.4 Å². The van der Waals surface area contributed by atoms with E-state index in [1.165, 1.54) is 13.1 Å². The van der Waals surface area contributed by atoms with Crippen molar-refractivity contribution in [2.24, 2.45) is 5.92 Å². The lowest BCUT2D eigenvalue weighted by Gasteiger charge is -2.13. The van der Waals surface area contributed by atoms with Crippen molar-refractivity contribution < 1.29 is 19.1 Å². The van der Waals surface area contributed by atoms with Gasteiger partial charge in [0.25, 0.3) is 0 Å². The predicted molar refractivity (Wildman–Crippen MR) is 68.6 cm³/mol. The molecule has 0 spiro atoms. The molecule has 0 radical (unpaired) electrons. The van der Waals surface area contributed by atoms with Crippen LogP contribution in [-0.4, -0.2) is 29.1 Å². The number of hydrogen-bond acceptors (Lipinski definition) is 5. The standard InChI is InChI=1S/C14H17NO4/c1-3-19-14(18)12(7-6-10(2)16)13(17)11-5-4-8-15-9-11/h4-5,8-9,12H,3,6-7H2,1-2H3. The second-order valence-electron chi connectivity index (χ2n) is 4.15. The molecule has 0 fully saturated rings.